The quantitative estimate of drug-likeness (QED) is 0.169. The topological polar surface area (TPSA) is 99.2 Å². The van der Waals surface area contributed by atoms with Crippen molar-refractivity contribution in [3.63, 3.8) is 0 Å². The lowest BCUT2D eigenvalue weighted by Gasteiger charge is -2.15. The van der Waals surface area contributed by atoms with Crippen molar-refractivity contribution in [2.24, 2.45) is 4.99 Å². The molecule has 0 aliphatic carbocycles. The molecule has 2 heterocycles. The zero-order chi connectivity index (χ0) is 24.5. The molecule has 0 aliphatic heterocycles. The number of aryl methyl sites for hydroxylation is 2. The van der Waals surface area contributed by atoms with E-state index >= 15 is 0 Å². The van der Waals surface area contributed by atoms with Crippen LogP contribution in [0.3, 0.4) is 0 Å². The molecular formula is C26H26N8S. The van der Waals surface area contributed by atoms with Gasteiger partial charge in [0, 0.05) is 40.8 Å². The Labute approximate surface area is 210 Å². The molecule has 176 valence electrons. The summed E-state index contributed by atoms with van der Waals surface area (Å²) >= 11 is 5.54. The van der Waals surface area contributed by atoms with Crippen LogP contribution in [-0.4, -0.2) is 26.0 Å². The van der Waals surface area contributed by atoms with E-state index in [9.17, 15) is 0 Å². The molecule has 0 bridgehead atoms. The van der Waals surface area contributed by atoms with Gasteiger partial charge in [0.15, 0.2) is 5.11 Å². The van der Waals surface area contributed by atoms with Crippen LogP contribution < -0.4 is 21.3 Å². The van der Waals surface area contributed by atoms with E-state index in [4.69, 9.17) is 12.2 Å². The maximum atomic E-state index is 5.54. The third kappa shape index (κ3) is 7.58. The second-order valence-electron chi connectivity index (χ2n) is 7.77. The Morgan fingerprint density at radius 3 is 2.20 bits per heavy atom. The van der Waals surface area contributed by atoms with Crippen LogP contribution in [0.4, 0.5) is 23.0 Å². The number of hydrogen-bond acceptors (Lipinski definition) is 6. The maximum absolute atomic E-state index is 5.54. The number of anilines is 4. The molecule has 0 saturated heterocycles. The molecule has 4 rings (SSSR count). The summed E-state index contributed by atoms with van der Waals surface area (Å²) in [5.74, 6) is 0.873. The molecule has 0 aliphatic rings. The number of benzene rings is 2. The van der Waals surface area contributed by atoms with Gasteiger partial charge in [0.2, 0.25) is 11.9 Å². The van der Waals surface area contributed by atoms with Crippen molar-refractivity contribution in [2.75, 3.05) is 16.0 Å². The first-order chi connectivity index (χ1) is 17.0. The van der Waals surface area contributed by atoms with Crippen molar-refractivity contribution in [1.29, 1.82) is 0 Å². The predicted octanol–water partition coefficient (Wildman–Crippen LogP) is 5.19. The lowest BCUT2D eigenvalue weighted by Crippen LogP contribution is -2.39. The minimum Gasteiger partial charge on any atom is -0.356 e. The number of pyridine rings is 1. The molecule has 35 heavy (non-hydrogen) atoms. The van der Waals surface area contributed by atoms with Crippen LogP contribution in [0.25, 0.3) is 0 Å². The molecular weight excluding hydrogens is 456 g/mol. The van der Waals surface area contributed by atoms with Gasteiger partial charge in [-0.25, -0.2) is 15.0 Å². The Kier molecular flexibility index (Phi) is 7.92. The third-order valence-electron chi connectivity index (χ3n) is 4.79. The average molecular weight is 483 g/mol. The van der Waals surface area contributed by atoms with Crippen LogP contribution in [0.5, 0.6) is 0 Å². The van der Waals surface area contributed by atoms with Crippen molar-refractivity contribution in [3.8, 4) is 0 Å². The monoisotopic (exact) mass is 482 g/mol. The summed E-state index contributed by atoms with van der Waals surface area (Å²) in [4.78, 5) is 17.6. The molecule has 0 unspecified atom stereocenters. The molecule has 4 aromatic rings. The standard InChI is InChI=1S/C26H26N8S/c1-18-15-19(2)30-25(29-18)33-24(28-17-20-7-6-14-27-16-20)34-26(35)32-23-12-10-22(11-13-23)31-21-8-4-3-5-9-21/h3-16,31H,17H2,1-2H3,(H3,28,29,30,32,33,34,35). The van der Waals surface area contributed by atoms with Crippen LogP contribution in [-0.2, 0) is 6.54 Å². The second kappa shape index (κ2) is 11.7. The summed E-state index contributed by atoms with van der Waals surface area (Å²) in [7, 11) is 0. The van der Waals surface area contributed by atoms with Crippen LogP contribution in [0.1, 0.15) is 17.0 Å². The van der Waals surface area contributed by atoms with Gasteiger partial charge in [0.1, 0.15) is 0 Å². The average Bonchev–Trinajstić information content (AvgIpc) is 2.84. The summed E-state index contributed by atoms with van der Waals surface area (Å²) in [6, 6.07) is 23.6. The highest BCUT2D eigenvalue weighted by molar-refractivity contribution is 7.80. The molecule has 9 heteroatoms. The van der Waals surface area contributed by atoms with E-state index in [1.807, 2.05) is 86.6 Å². The van der Waals surface area contributed by atoms with Crippen LogP contribution >= 0.6 is 12.2 Å². The van der Waals surface area contributed by atoms with Gasteiger partial charge in [-0.1, -0.05) is 24.3 Å². The SMILES string of the molecule is Cc1cc(C)nc(NC(=NCc2cccnc2)NC(=S)Nc2ccc(Nc3ccccc3)cc2)n1. The van der Waals surface area contributed by atoms with Crippen LogP contribution in [0, 0.1) is 13.8 Å². The van der Waals surface area contributed by atoms with E-state index < -0.39 is 0 Å². The van der Waals surface area contributed by atoms with E-state index in [-0.39, 0.29) is 0 Å². The van der Waals surface area contributed by atoms with Crippen molar-refractivity contribution >= 4 is 46.3 Å². The summed E-state index contributed by atoms with van der Waals surface area (Å²) in [5.41, 5.74) is 5.53. The lowest BCUT2D eigenvalue weighted by molar-refractivity contribution is 1.02. The first-order valence-corrected chi connectivity index (χ1v) is 11.5. The number of thiocarbonyl (C=S) groups is 1. The summed E-state index contributed by atoms with van der Waals surface area (Å²) in [5, 5.41) is 13.2. The number of nitrogens with zero attached hydrogens (tertiary/aromatic N) is 4. The van der Waals surface area contributed by atoms with Crippen molar-refractivity contribution < 1.29 is 0 Å². The fraction of sp³-hybridized carbons (Fsp3) is 0.115. The molecule has 2 aromatic carbocycles. The zero-order valence-corrected chi connectivity index (χ0v) is 20.3. The third-order valence-corrected chi connectivity index (χ3v) is 5.00. The van der Waals surface area contributed by atoms with Gasteiger partial charge in [0.25, 0.3) is 0 Å². The van der Waals surface area contributed by atoms with Gasteiger partial charge in [-0.05, 0) is 80.2 Å². The molecule has 0 atom stereocenters. The highest BCUT2D eigenvalue weighted by Gasteiger charge is 2.08. The van der Waals surface area contributed by atoms with Crippen molar-refractivity contribution in [1.82, 2.24) is 20.3 Å². The molecule has 8 nitrogen and oxygen atoms in total. The van der Waals surface area contributed by atoms with Gasteiger partial charge in [-0.2, -0.15) is 0 Å². The molecule has 0 amide bonds. The first kappa shape index (κ1) is 23.8. The van der Waals surface area contributed by atoms with E-state index in [0.29, 0.717) is 23.6 Å². The number of nitrogens with one attached hydrogen (secondary N) is 4. The molecule has 0 radical (unpaired) electrons. The number of rotatable bonds is 6. The molecule has 0 saturated carbocycles. The molecule has 0 spiro atoms. The van der Waals surface area contributed by atoms with Gasteiger partial charge in [-0.3, -0.25) is 10.3 Å². The molecule has 2 aromatic heterocycles. The molecule has 0 fully saturated rings. The predicted molar refractivity (Wildman–Crippen MR) is 146 cm³/mol. The van der Waals surface area contributed by atoms with Crippen LogP contribution in [0.2, 0.25) is 0 Å². The Bertz CT molecular complexity index is 1270. The zero-order valence-electron chi connectivity index (χ0n) is 19.5. The van der Waals surface area contributed by atoms with E-state index in [2.05, 4.69) is 41.2 Å². The Morgan fingerprint density at radius 1 is 0.829 bits per heavy atom. The second-order valence-corrected chi connectivity index (χ2v) is 8.18. The van der Waals surface area contributed by atoms with E-state index in [1.165, 1.54) is 0 Å². The summed E-state index contributed by atoms with van der Waals surface area (Å²) in [6.45, 7) is 4.25. The highest BCUT2D eigenvalue weighted by atomic mass is 32.1. The Balaban J connectivity index is 1.43. The van der Waals surface area contributed by atoms with Crippen LogP contribution in [0.15, 0.2) is 90.2 Å². The fourth-order valence-corrected chi connectivity index (χ4v) is 3.47. The lowest BCUT2D eigenvalue weighted by atomic mass is 10.2. The summed E-state index contributed by atoms with van der Waals surface area (Å²) < 4.78 is 0. The smallest absolute Gasteiger partial charge is 0.229 e. The minimum atomic E-state index is 0.385. The van der Waals surface area contributed by atoms with Gasteiger partial charge in [0.05, 0.1) is 6.54 Å². The number of aliphatic imine (C=N–C) groups is 1. The van der Waals surface area contributed by atoms with Crippen molar-refractivity contribution in [2.45, 2.75) is 20.4 Å². The molecule has 4 N–H and O–H groups in total. The Morgan fingerprint density at radius 2 is 1.51 bits per heavy atom. The van der Waals surface area contributed by atoms with Crippen molar-refractivity contribution in [3.05, 3.63) is 102 Å². The van der Waals surface area contributed by atoms with Gasteiger partial charge in [-0.15, -0.1) is 0 Å². The normalized spacial score (nSPS) is 11.0. The largest absolute Gasteiger partial charge is 0.356 e. The van der Waals surface area contributed by atoms with Gasteiger partial charge < -0.3 is 16.0 Å². The number of hydrogen-bond donors (Lipinski definition) is 4. The number of aromatic nitrogens is 3. The van der Waals surface area contributed by atoms with E-state index in [1.54, 1.807) is 12.4 Å². The van der Waals surface area contributed by atoms with Gasteiger partial charge >= 0.3 is 0 Å². The maximum Gasteiger partial charge on any atom is 0.229 e. The first-order valence-electron chi connectivity index (χ1n) is 11.1. The minimum absolute atomic E-state index is 0.385. The van der Waals surface area contributed by atoms with E-state index in [0.717, 1.165) is 34.0 Å². The number of guanidine groups is 1. The number of para-hydroxylation sites is 1. The highest BCUT2D eigenvalue weighted by Crippen LogP contribution is 2.18. The Hall–Kier alpha value is -4.37. The fourth-order valence-electron chi connectivity index (χ4n) is 3.25. The summed E-state index contributed by atoms with van der Waals surface area (Å²) in [6.07, 6.45) is 3.50.